The standard InChI is InChI=1S/C21H12FNO4/c22-18-8-4-3-7-17(18)21(26)27-14-11-9-13(10-12-14)23-19(24)15-5-1-2-6-16(15)20(23)25/h1-12H. The van der Waals surface area contributed by atoms with Crippen LogP contribution in [0.4, 0.5) is 10.1 Å². The van der Waals surface area contributed by atoms with Crippen molar-refractivity contribution in [2.45, 2.75) is 0 Å². The zero-order valence-electron chi connectivity index (χ0n) is 13.9. The number of benzene rings is 3. The van der Waals surface area contributed by atoms with E-state index >= 15 is 0 Å². The Morgan fingerprint density at radius 2 is 1.33 bits per heavy atom. The predicted molar refractivity (Wildman–Crippen MR) is 95.4 cm³/mol. The fraction of sp³-hybridized carbons (Fsp3) is 0. The van der Waals surface area contributed by atoms with Crippen LogP contribution in [-0.2, 0) is 0 Å². The Balaban J connectivity index is 1.55. The van der Waals surface area contributed by atoms with Crippen LogP contribution >= 0.6 is 0 Å². The monoisotopic (exact) mass is 361 g/mol. The number of hydrogen-bond donors (Lipinski definition) is 0. The maximum Gasteiger partial charge on any atom is 0.346 e. The third kappa shape index (κ3) is 2.87. The normalized spacial score (nSPS) is 12.9. The molecule has 1 aliphatic rings. The molecule has 0 radical (unpaired) electrons. The molecule has 0 bridgehead atoms. The molecular weight excluding hydrogens is 349 g/mol. The van der Waals surface area contributed by atoms with Gasteiger partial charge >= 0.3 is 5.97 Å². The summed E-state index contributed by atoms with van der Waals surface area (Å²) in [6, 6.07) is 17.9. The van der Waals surface area contributed by atoms with Gasteiger partial charge in [-0.05, 0) is 48.5 Å². The number of carbonyl (C=O) groups excluding carboxylic acids is 3. The molecule has 0 fully saturated rings. The highest BCUT2D eigenvalue weighted by molar-refractivity contribution is 6.34. The minimum absolute atomic E-state index is 0.170. The molecule has 0 spiro atoms. The number of carbonyl (C=O) groups is 3. The van der Waals surface area contributed by atoms with Gasteiger partial charge < -0.3 is 4.74 Å². The van der Waals surface area contributed by atoms with Crippen LogP contribution in [0, 0.1) is 5.82 Å². The Bertz CT molecular complexity index is 1040. The zero-order chi connectivity index (χ0) is 19.0. The van der Waals surface area contributed by atoms with Crippen LogP contribution in [0.2, 0.25) is 0 Å². The second kappa shape index (κ2) is 6.49. The summed E-state index contributed by atoms with van der Waals surface area (Å²) in [6.45, 7) is 0. The van der Waals surface area contributed by atoms with E-state index in [2.05, 4.69) is 0 Å². The van der Waals surface area contributed by atoms with Gasteiger partial charge in [-0.25, -0.2) is 14.1 Å². The highest BCUT2D eigenvalue weighted by atomic mass is 19.1. The number of anilines is 1. The first-order valence-corrected chi connectivity index (χ1v) is 8.11. The maximum atomic E-state index is 13.6. The third-order valence-electron chi connectivity index (χ3n) is 4.19. The number of hydrogen-bond acceptors (Lipinski definition) is 4. The van der Waals surface area contributed by atoms with E-state index in [4.69, 9.17) is 4.74 Å². The highest BCUT2D eigenvalue weighted by Gasteiger charge is 2.36. The summed E-state index contributed by atoms with van der Waals surface area (Å²) in [5, 5.41) is 0. The summed E-state index contributed by atoms with van der Waals surface area (Å²) in [4.78, 5) is 38.1. The lowest BCUT2D eigenvalue weighted by atomic mass is 10.1. The van der Waals surface area contributed by atoms with Gasteiger partial charge in [-0.2, -0.15) is 0 Å². The number of rotatable bonds is 3. The van der Waals surface area contributed by atoms with Gasteiger partial charge in [0.1, 0.15) is 11.6 Å². The molecule has 3 aromatic carbocycles. The molecule has 1 aliphatic heterocycles. The summed E-state index contributed by atoms with van der Waals surface area (Å²) < 4.78 is 18.8. The number of nitrogens with zero attached hydrogens (tertiary/aromatic N) is 1. The molecule has 0 aliphatic carbocycles. The van der Waals surface area contributed by atoms with Crippen molar-refractivity contribution < 1.29 is 23.5 Å². The summed E-state index contributed by atoms with van der Waals surface area (Å²) in [7, 11) is 0. The summed E-state index contributed by atoms with van der Waals surface area (Å²) >= 11 is 0. The average Bonchev–Trinajstić information content (AvgIpc) is 2.94. The molecule has 132 valence electrons. The van der Waals surface area contributed by atoms with E-state index in [1.54, 1.807) is 24.3 Å². The van der Waals surface area contributed by atoms with Crippen molar-refractivity contribution in [1.82, 2.24) is 0 Å². The molecule has 0 atom stereocenters. The first-order chi connectivity index (χ1) is 13.1. The van der Waals surface area contributed by atoms with Gasteiger partial charge in [0.25, 0.3) is 11.8 Å². The molecule has 0 unspecified atom stereocenters. The molecule has 6 heteroatoms. The van der Waals surface area contributed by atoms with Crippen molar-refractivity contribution in [2.24, 2.45) is 0 Å². The Morgan fingerprint density at radius 3 is 1.93 bits per heavy atom. The van der Waals surface area contributed by atoms with Crippen LogP contribution < -0.4 is 9.64 Å². The van der Waals surface area contributed by atoms with E-state index in [-0.39, 0.29) is 11.3 Å². The Kier molecular flexibility index (Phi) is 4.01. The number of fused-ring (bicyclic) bond motifs is 1. The summed E-state index contributed by atoms with van der Waals surface area (Å²) in [5.74, 6) is -2.16. The Hall–Kier alpha value is -3.80. The zero-order valence-corrected chi connectivity index (χ0v) is 13.9. The SMILES string of the molecule is O=C(Oc1ccc(N2C(=O)c3ccccc3C2=O)cc1)c1ccccc1F. The molecule has 4 rings (SSSR count). The Labute approximate surface area is 153 Å². The van der Waals surface area contributed by atoms with Crippen LogP contribution in [0.25, 0.3) is 0 Å². The predicted octanol–water partition coefficient (Wildman–Crippen LogP) is 3.85. The number of amides is 2. The third-order valence-corrected chi connectivity index (χ3v) is 4.19. The maximum absolute atomic E-state index is 13.6. The van der Waals surface area contributed by atoms with Crippen LogP contribution in [0.1, 0.15) is 31.1 Å². The van der Waals surface area contributed by atoms with Crippen LogP contribution in [0.5, 0.6) is 5.75 Å². The van der Waals surface area contributed by atoms with Crippen molar-refractivity contribution in [1.29, 1.82) is 0 Å². The quantitative estimate of drug-likeness (QED) is 0.404. The highest BCUT2D eigenvalue weighted by Crippen LogP contribution is 2.29. The lowest BCUT2D eigenvalue weighted by Gasteiger charge is -2.14. The molecule has 0 saturated carbocycles. The van der Waals surface area contributed by atoms with Crippen LogP contribution in [0.15, 0.2) is 72.8 Å². The second-order valence-corrected chi connectivity index (χ2v) is 5.85. The fourth-order valence-electron chi connectivity index (χ4n) is 2.88. The van der Waals surface area contributed by atoms with E-state index in [1.165, 1.54) is 48.5 Å². The molecule has 3 aromatic rings. The van der Waals surface area contributed by atoms with Crippen molar-refractivity contribution in [3.8, 4) is 5.75 Å². The first-order valence-electron chi connectivity index (χ1n) is 8.11. The van der Waals surface area contributed by atoms with Gasteiger partial charge in [-0.3, -0.25) is 9.59 Å². The number of ether oxygens (including phenoxy) is 1. The number of esters is 1. The minimum atomic E-state index is -0.832. The van der Waals surface area contributed by atoms with Gasteiger partial charge in [0.2, 0.25) is 0 Å². The molecule has 1 heterocycles. The lowest BCUT2D eigenvalue weighted by Crippen LogP contribution is -2.29. The number of imide groups is 1. The topological polar surface area (TPSA) is 63.7 Å². The number of halogens is 1. The van der Waals surface area contributed by atoms with Crippen LogP contribution in [0.3, 0.4) is 0 Å². The molecule has 5 nitrogen and oxygen atoms in total. The minimum Gasteiger partial charge on any atom is -0.423 e. The van der Waals surface area contributed by atoms with Gasteiger partial charge in [-0.1, -0.05) is 24.3 Å². The smallest absolute Gasteiger partial charge is 0.346 e. The van der Waals surface area contributed by atoms with Gasteiger partial charge in [-0.15, -0.1) is 0 Å². The van der Waals surface area contributed by atoms with Crippen LogP contribution in [-0.4, -0.2) is 17.8 Å². The summed E-state index contributed by atoms with van der Waals surface area (Å²) in [6.07, 6.45) is 0. The lowest BCUT2D eigenvalue weighted by molar-refractivity contribution is 0.0729. The van der Waals surface area contributed by atoms with E-state index in [0.29, 0.717) is 16.8 Å². The van der Waals surface area contributed by atoms with Crippen molar-refractivity contribution in [2.75, 3.05) is 4.90 Å². The summed E-state index contributed by atoms with van der Waals surface area (Å²) in [5.41, 5.74) is 0.865. The molecule has 0 saturated heterocycles. The Morgan fingerprint density at radius 1 is 0.778 bits per heavy atom. The van der Waals surface area contributed by atoms with E-state index in [1.807, 2.05) is 0 Å². The largest absolute Gasteiger partial charge is 0.423 e. The average molecular weight is 361 g/mol. The van der Waals surface area contributed by atoms with E-state index in [0.717, 1.165) is 4.90 Å². The molecule has 0 aromatic heterocycles. The fourth-order valence-corrected chi connectivity index (χ4v) is 2.88. The second-order valence-electron chi connectivity index (χ2n) is 5.85. The van der Waals surface area contributed by atoms with Gasteiger partial charge in [0.15, 0.2) is 0 Å². The van der Waals surface area contributed by atoms with E-state index < -0.39 is 23.6 Å². The molecule has 0 N–H and O–H groups in total. The molecule has 27 heavy (non-hydrogen) atoms. The van der Waals surface area contributed by atoms with Crippen molar-refractivity contribution in [3.63, 3.8) is 0 Å². The first kappa shape index (κ1) is 16.7. The van der Waals surface area contributed by atoms with Gasteiger partial charge in [0, 0.05) is 0 Å². The molecule has 2 amide bonds. The van der Waals surface area contributed by atoms with Crippen molar-refractivity contribution in [3.05, 3.63) is 95.3 Å². The molecular formula is C21H12FNO4. The van der Waals surface area contributed by atoms with E-state index in [9.17, 15) is 18.8 Å². The van der Waals surface area contributed by atoms with Gasteiger partial charge in [0.05, 0.1) is 22.4 Å². The van der Waals surface area contributed by atoms with Crippen molar-refractivity contribution >= 4 is 23.5 Å².